The molecule has 0 aliphatic heterocycles. The highest BCUT2D eigenvalue weighted by Crippen LogP contribution is 2.31. The average Bonchev–Trinajstić information content (AvgIpc) is 2.68. The summed E-state index contributed by atoms with van der Waals surface area (Å²) in [4.78, 5) is 0. The van der Waals surface area contributed by atoms with Crippen molar-refractivity contribution in [1.29, 1.82) is 0 Å². The lowest BCUT2D eigenvalue weighted by molar-refractivity contribution is 1.24. The number of fused-ring (bicyclic) bond motifs is 4. The summed E-state index contributed by atoms with van der Waals surface area (Å²) < 4.78 is 0. The number of rotatable bonds is 2. The van der Waals surface area contributed by atoms with Gasteiger partial charge in [0, 0.05) is 0 Å². The van der Waals surface area contributed by atoms with Crippen molar-refractivity contribution >= 4 is 32.3 Å². The Morgan fingerprint density at radius 3 is 1.80 bits per heavy atom. The predicted molar refractivity (Wildman–Crippen MR) is 108 cm³/mol. The quantitative estimate of drug-likeness (QED) is 0.316. The molecule has 0 atom stereocenters. The van der Waals surface area contributed by atoms with Gasteiger partial charge < -0.3 is 0 Å². The molecule has 25 heavy (non-hydrogen) atoms. The molecule has 0 saturated heterocycles. The fourth-order valence-electron chi connectivity index (χ4n) is 3.94. The van der Waals surface area contributed by atoms with Crippen LogP contribution >= 0.6 is 0 Å². The zero-order valence-electron chi connectivity index (χ0n) is 13.9. The second-order valence-corrected chi connectivity index (χ2v) is 6.62. The summed E-state index contributed by atoms with van der Waals surface area (Å²) in [7, 11) is 0. The van der Waals surface area contributed by atoms with Crippen molar-refractivity contribution in [2.75, 3.05) is 0 Å². The molecule has 0 aliphatic carbocycles. The minimum absolute atomic E-state index is 0.951. The van der Waals surface area contributed by atoms with E-state index in [0.717, 1.165) is 6.42 Å². The van der Waals surface area contributed by atoms with Crippen LogP contribution in [0.2, 0.25) is 0 Å². The lowest BCUT2D eigenvalue weighted by atomic mass is 9.92. The number of hydrogen-bond donors (Lipinski definition) is 0. The summed E-state index contributed by atoms with van der Waals surface area (Å²) in [5, 5.41) is 8.01. The molecule has 0 radical (unpaired) electrons. The molecular formula is C25H18. The van der Waals surface area contributed by atoms with Gasteiger partial charge in [0.1, 0.15) is 0 Å². The van der Waals surface area contributed by atoms with Crippen LogP contribution in [0.1, 0.15) is 11.1 Å². The Hall–Kier alpha value is -3.12. The third-order valence-electron chi connectivity index (χ3n) is 5.12. The Labute approximate surface area is 147 Å². The SMILES string of the molecule is c1ccc2c(Cc3cccc4ccc5ccccc5c34)cccc2c1. The van der Waals surface area contributed by atoms with Crippen LogP contribution in [0, 0.1) is 0 Å². The first kappa shape index (κ1) is 14.2. The van der Waals surface area contributed by atoms with E-state index in [0.29, 0.717) is 0 Å². The van der Waals surface area contributed by atoms with Crippen LogP contribution in [-0.2, 0) is 6.42 Å². The van der Waals surface area contributed by atoms with E-state index in [4.69, 9.17) is 0 Å². The van der Waals surface area contributed by atoms with Crippen molar-refractivity contribution in [1.82, 2.24) is 0 Å². The second-order valence-electron chi connectivity index (χ2n) is 6.62. The first-order chi connectivity index (χ1) is 12.4. The molecule has 0 fully saturated rings. The van der Waals surface area contributed by atoms with Gasteiger partial charge in [0.2, 0.25) is 0 Å². The highest BCUT2D eigenvalue weighted by atomic mass is 14.1. The first-order valence-electron chi connectivity index (χ1n) is 8.76. The Bertz CT molecular complexity index is 1210. The zero-order valence-corrected chi connectivity index (χ0v) is 13.9. The van der Waals surface area contributed by atoms with E-state index in [1.807, 2.05) is 0 Å². The van der Waals surface area contributed by atoms with Gasteiger partial charge in [-0.15, -0.1) is 0 Å². The predicted octanol–water partition coefficient (Wildman–Crippen LogP) is 6.74. The smallest absolute Gasteiger partial charge is 0.00132 e. The molecule has 0 aliphatic rings. The van der Waals surface area contributed by atoms with E-state index in [2.05, 4.69) is 97.1 Å². The molecule has 0 spiro atoms. The van der Waals surface area contributed by atoms with E-state index in [1.54, 1.807) is 0 Å². The molecule has 0 bridgehead atoms. The molecule has 5 aromatic carbocycles. The van der Waals surface area contributed by atoms with E-state index in [-0.39, 0.29) is 0 Å². The standard InChI is InChI=1S/C25H18/c1-3-13-23-18(7-1)9-5-11-21(23)17-22-12-6-10-20-16-15-19-8-2-4-14-24(19)25(20)22/h1-16H,17H2. The molecule has 118 valence electrons. The summed E-state index contributed by atoms with van der Waals surface area (Å²) in [5.74, 6) is 0. The molecular weight excluding hydrogens is 300 g/mol. The molecule has 0 heterocycles. The minimum Gasteiger partial charge on any atom is -0.0616 e. The van der Waals surface area contributed by atoms with Crippen LogP contribution < -0.4 is 0 Å². The van der Waals surface area contributed by atoms with E-state index in [9.17, 15) is 0 Å². The normalized spacial score (nSPS) is 11.4. The highest BCUT2D eigenvalue weighted by molar-refractivity contribution is 6.09. The molecule has 0 amide bonds. The fraction of sp³-hybridized carbons (Fsp3) is 0.0400. The fourth-order valence-corrected chi connectivity index (χ4v) is 3.94. The van der Waals surface area contributed by atoms with Crippen molar-refractivity contribution in [2.45, 2.75) is 6.42 Å². The lowest BCUT2D eigenvalue weighted by Crippen LogP contribution is -1.92. The van der Waals surface area contributed by atoms with E-state index in [1.165, 1.54) is 43.4 Å². The van der Waals surface area contributed by atoms with Crippen molar-refractivity contribution in [3.63, 3.8) is 0 Å². The van der Waals surface area contributed by atoms with Crippen molar-refractivity contribution < 1.29 is 0 Å². The maximum absolute atomic E-state index is 2.27. The molecule has 0 N–H and O–H groups in total. The summed E-state index contributed by atoms with van der Waals surface area (Å²) in [5.41, 5.74) is 2.78. The molecule has 0 heteroatoms. The second kappa shape index (κ2) is 5.75. The van der Waals surface area contributed by atoms with Gasteiger partial charge in [0.15, 0.2) is 0 Å². The summed E-state index contributed by atoms with van der Waals surface area (Å²) in [6.45, 7) is 0. The molecule has 5 rings (SSSR count). The summed E-state index contributed by atoms with van der Waals surface area (Å²) in [6, 6.07) is 35.1. The Morgan fingerprint density at radius 1 is 0.400 bits per heavy atom. The third kappa shape index (κ3) is 2.38. The number of hydrogen-bond acceptors (Lipinski definition) is 0. The zero-order chi connectivity index (χ0) is 16.6. The molecule has 0 saturated carbocycles. The average molecular weight is 318 g/mol. The topological polar surface area (TPSA) is 0 Å². The van der Waals surface area contributed by atoms with Gasteiger partial charge in [-0.3, -0.25) is 0 Å². The van der Waals surface area contributed by atoms with Crippen molar-refractivity contribution in [2.24, 2.45) is 0 Å². The van der Waals surface area contributed by atoms with Gasteiger partial charge in [0.05, 0.1) is 0 Å². The Kier molecular flexibility index (Phi) is 3.28. The largest absolute Gasteiger partial charge is 0.0616 e. The monoisotopic (exact) mass is 318 g/mol. The van der Waals surface area contributed by atoms with Crippen molar-refractivity contribution in [3.05, 3.63) is 108 Å². The highest BCUT2D eigenvalue weighted by Gasteiger charge is 2.08. The van der Waals surface area contributed by atoms with Gasteiger partial charge in [-0.1, -0.05) is 97.1 Å². The van der Waals surface area contributed by atoms with Crippen LogP contribution in [0.5, 0.6) is 0 Å². The third-order valence-corrected chi connectivity index (χ3v) is 5.12. The van der Waals surface area contributed by atoms with Gasteiger partial charge in [-0.25, -0.2) is 0 Å². The van der Waals surface area contributed by atoms with Gasteiger partial charge in [-0.2, -0.15) is 0 Å². The van der Waals surface area contributed by atoms with Crippen LogP contribution in [0.15, 0.2) is 97.1 Å². The van der Waals surface area contributed by atoms with Crippen molar-refractivity contribution in [3.8, 4) is 0 Å². The molecule has 0 aromatic heterocycles. The molecule has 0 nitrogen and oxygen atoms in total. The lowest BCUT2D eigenvalue weighted by Gasteiger charge is -2.12. The maximum Gasteiger partial charge on any atom is -0.00132 e. The molecule has 0 unspecified atom stereocenters. The van der Waals surface area contributed by atoms with Crippen LogP contribution in [-0.4, -0.2) is 0 Å². The maximum atomic E-state index is 2.27. The van der Waals surface area contributed by atoms with Gasteiger partial charge in [0.25, 0.3) is 0 Å². The first-order valence-corrected chi connectivity index (χ1v) is 8.76. The minimum atomic E-state index is 0.951. The summed E-state index contributed by atoms with van der Waals surface area (Å²) in [6.07, 6.45) is 0.951. The Balaban J connectivity index is 1.77. The summed E-state index contributed by atoms with van der Waals surface area (Å²) >= 11 is 0. The Morgan fingerprint density at radius 2 is 0.960 bits per heavy atom. The van der Waals surface area contributed by atoms with E-state index >= 15 is 0 Å². The van der Waals surface area contributed by atoms with Crippen LogP contribution in [0.25, 0.3) is 32.3 Å². The van der Waals surface area contributed by atoms with Gasteiger partial charge in [-0.05, 0) is 49.9 Å². The van der Waals surface area contributed by atoms with E-state index < -0.39 is 0 Å². The molecule has 5 aromatic rings. The van der Waals surface area contributed by atoms with Crippen LogP contribution in [0.4, 0.5) is 0 Å². The number of benzene rings is 5. The van der Waals surface area contributed by atoms with Crippen LogP contribution in [0.3, 0.4) is 0 Å². The van der Waals surface area contributed by atoms with Gasteiger partial charge >= 0.3 is 0 Å².